The van der Waals surface area contributed by atoms with Crippen molar-refractivity contribution >= 4 is 21.9 Å². The topological polar surface area (TPSA) is 112 Å². The van der Waals surface area contributed by atoms with E-state index in [4.69, 9.17) is 10.6 Å². The van der Waals surface area contributed by atoms with Crippen molar-refractivity contribution in [1.82, 2.24) is 14.0 Å². The molecule has 0 saturated carbocycles. The molecule has 1 aromatic heterocycles. The fourth-order valence-corrected chi connectivity index (χ4v) is 2.83. The molecular formula is C18H24FN4O4S+. The lowest BCUT2D eigenvalue weighted by molar-refractivity contribution is 0.0524. The molecule has 2 aromatic rings. The van der Waals surface area contributed by atoms with Crippen LogP contribution >= 0.6 is 0 Å². The van der Waals surface area contributed by atoms with E-state index in [9.17, 15) is 17.6 Å². The van der Waals surface area contributed by atoms with Crippen LogP contribution in [-0.4, -0.2) is 44.3 Å². The second kappa shape index (κ2) is 7.90. The Morgan fingerprint density at radius 1 is 1.25 bits per heavy atom. The van der Waals surface area contributed by atoms with Crippen molar-refractivity contribution in [1.29, 1.82) is 0 Å². The molecule has 0 aliphatic carbocycles. The monoisotopic (exact) mass is 411 g/mol. The number of hydrogen-bond acceptors (Lipinski definition) is 7. The first kappa shape index (κ1) is 21.9. The molecule has 28 heavy (non-hydrogen) atoms. The largest absolute Gasteiger partial charge is 0.462 e. The summed E-state index contributed by atoms with van der Waals surface area (Å²) >= 11 is 0. The van der Waals surface area contributed by atoms with E-state index >= 15 is 0 Å². The molecule has 2 rings (SSSR count). The third-order valence-corrected chi connectivity index (χ3v) is 5.70. The Kier molecular flexibility index (Phi) is 6.17. The molecular weight excluding hydrogens is 387 g/mol. The molecule has 0 saturated heterocycles. The van der Waals surface area contributed by atoms with Crippen LogP contribution < -0.4 is 9.84 Å². The minimum absolute atomic E-state index is 0.0979. The van der Waals surface area contributed by atoms with Crippen LogP contribution in [0.3, 0.4) is 0 Å². The molecule has 1 aromatic carbocycles. The molecule has 1 atom stereocenters. The standard InChI is InChI=1S/C18H24FN4O4S/c1-6-27-17(24)14-15(11(2)3)21-18(23(4,20)28(5,25)26)22-16(14)12-7-9-13(19)10-8-12/h7-11H,6,20H2,1-5H3/q+1. The Hall–Kier alpha value is -2.43. The van der Waals surface area contributed by atoms with Gasteiger partial charge in [-0.3, -0.25) is 0 Å². The molecule has 8 nitrogen and oxygen atoms in total. The van der Waals surface area contributed by atoms with Crippen molar-refractivity contribution in [3.05, 3.63) is 41.3 Å². The first-order chi connectivity index (χ1) is 12.9. The molecule has 0 amide bonds. The normalized spacial score (nSPS) is 14.0. The van der Waals surface area contributed by atoms with E-state index in [1.807, 2.05) is 0 Å². The van der Waals surface area contributed by atoms with Gasteiger partial charge in [-0.15, -0.1) is 0 Å². The van der Waals surface area contributed by atoms with E-state index < -0.39 is 25.8 Å². The molecule has 2 N–H and O–H groups in total. The number of halogens is 1. The summed E-state index contributed by atoms with van der Waals surface area (Å²) < 4.78 is 41.8. The van der Waals surface area contributed by atoms with Crippen molar-refractivity contribution in [3.8, 4) is 11.3 Å². The molecule has 1 unspecified atom stereocenters. The number of rotatable bonds is 6. The van der Waals surface area contributed by atoms with E-state index in [1.54, 1.807) is 20.8 Å². The summed E-state index contributed by atoms with van der Waals surface area (Å²) in [6.07, 6.45) is 0.961. The molecule has 10 heteroatoms. The van der Waals surface area contributed by atoms with Crippen molar-refractivity contribution in [2.24, 2.45) is 5.84 Å². The number of hydrogen-bond donors (Lipinski definition) is 1. The van der Waals surface area contributed by atoms with Gasteiger partial charge >= 0.3 is 21.9 Å². The molecule has 0 aliphatic heterocycles. The molecule has 0 spiro atoms. The third-order valence-electron chi connectivity index (χ3n) is 4.16. The number of nitrogens with zero attached hydrogens (tertiary/aromatic N) is 3. The second-order valence-corrected chi connectivity index (χ2v) is 8.96. The molecule has 0 radical (unpaired) electrons. The summed E-state index contributed by atoms with van der Waals surface area (Å²) in [5.74, 6) is 4.40. The highest BCUT2D eigenvalue weighted by atomic mass is 32.2. The molecule has 0 fully saturated rings. The van der Waals surface area contributed by atoms with Crippen LogP contribution in [0.15, 0.2) is 24.3 Å². The van der Waals surface area contributed by atoms with E-state index in [0.717, 1.165) is 6.26 Å². The Bertz CT molecular complexity index is 989. The number of carbonyl (C=O) groups excluding carboxylic acids is 1. The van der Waals surface area contributed by atoms with E-state index in [2.05, 4.69) is 9.97 Å². The van der Waals surface area contributed by atoms with Gasteiger partial charge in [0, 0.05) is 5.56 Å². The lowest BCUT2D eigenvalue weighted by atomic mass is 9.98. The van der Waals surface area contributed by atoms with Gasteiger partial charge in [0.1, 0.15) is 18.4 Å². The van der Waals surface area contributed by atoms with Crippen LogP contribution in [-0.2, 0) is 14.8 Å². The fraction of sp³-hybridized carbons (Fsp3) is 0.389. The molecule has 1 heterocycles. The number of quaternary nitrogens is 1. The fourth-order valence-electron chi connectivity index (χ4n) is 2.45. The Morgan fingerprint density at radius 3 is 2.29 bits per heavy atom. The van der Waals surface area contributed by atoms with Gasteiger partial charge in [0.25, 0.3) is 0 Å². The maximum absolute atomic E-state index is 13.4. The van der Waals surface area contributed by atoms with Crippen molar-refractivity contribution < 1.29 is 22.3 Å². The Labute approximate surface area is 163 Å². The number of benzene rings is 1. The first-order valence-corrected chi connectivity index (χ1v) is 10.5. The third kappa shape index (κ3) is 4.18. The van der Waals surface area contributed by atoms with Gasteiger partial charge in [0.15, 0.2) is 0 Å². The summed E-state index contributed by atoms with van der Waals surface area (Å²) in [5, 5.41) is 0. The summed E-state index contributed by atoms with van der Waals surface area (Å²) in [5.41, 5.74) is 0.927. The summed E-state index contributed by atoms with van der Waals surface area (Å²) in [6, 6.07) is 5.31. The van der Waals surface area contributed by atoms with Gasteiger partial charge < -0.3 is 4.74 Å². The van der Waals surface area contributed by atoms with Gasteiger partial charge in [-0.1, -0.05) is 17.8 Å². The SMILES string of the molecule is CCOC(=O)c1c(-c2ccc(F)cc2)nc([N+](C)(N)S(C)(=O)=O)nc1C(C)C. The van der Waals surface area contributed by atoms with Gasteiger partial charge in [-0.05, 0) is 37.1 Å². The number of esters is 1. The average molecular weight is 411 g/mol. The van der Waals surface area contributed by atoms with Crippen molar-refractivity contribution in [2.75, 3.05) is 19.9 Å². The van der Waals surface area contributed by atoms with Crippen molar-refractivity contribution in [2.45, 2.75) is 26.7 Å². The highest BCUT2D eigenvalue weighted by Crippen LogP contribution is 2.32. The zero-order valence-corrected chi connectivity index (χ0v) is 17.2. The lowest BCUT2D eigenvalue weighted by Crippen LogP contribution is -2.57. The number of aromatic nitrogens is 2. The Morgan fingerprint density at radius 2 is 1.82 bits per heavy atom. The highest BCUT2D eigenvalue weighted by molar-refractivity contribution is 7.90. The van der Waals surface area contributed by atoms with Crippen molar-refractivity contribution in [3.63, 3.8) is 0 Å². The summed E-state index contributed by atoms with van der Waals surface area (Å²) in [6.45, 7) is 5.39. The number of carbonyl (C=O) groups is 1. The molecule has 152 valence electrons. The second-order valence-electron chi connectivity index (χ2n) is 6.74. The Balaban J connectivity index is 2.91. The minimum Gasteiger partial charge on any atom is -0.462 e. The van der Waals surface area contributed by atoms with E-state index in [1.165, 1.54) is 31.3 Å². The smallest absolute Gasteiger partial charge is 0.365 e. The van der Waals surface area contributed by atoms with Crippen LogP contribution in [0.5, 0.6) is 0 Å². The maximum atomic E-state index is 13.4. The predicted molar refractivity (Wildman–Crippen MR) is 104 cm³/mol. The molecule has 0 bridgehead atoms. The quantitative estimate of drug-likeness (QED) is 0.336. The summed E-state index contributed by atoms with van der Waals surface area (Å²) in [4.78, 5) is 21.2. The number of sulfonamides is 1. The maximum Gasteiger partial charge on any atom is 0.365 e. The van der Waals surface area contributed by atoms with Crippen LogP contribution in [0.4, 0.5) is 10.3 Å². The highest BCUT2D eigenvalue weighted by Gasteiger charge is 2.39. The van der Waals surface area contributed by atoms with E-state index in [-0.39, 0.29) is 29.7 Å². The number of nitrogens with two attached hydrogens (primary N) is 1. The predicted octanol–water partition coefficient (Wildman–Crippen LogP) is 2.35. The average Bonchev–Trinajstić information content (AvgIpc) is 2.60. The molecule has 0 aliphatic rings. The number of ether oxygens (including phenoxy) is 1. The zero-order valence-electron chi connectivity index (χ0n) is 16.4. The van der Waals surface area contributed by atoms with Crippen LogP contribution in [0, 0.1) is 5.82 Å². The van der Waals surface area contributed by atoms with Gasteiger partial charge in [0.2, 0.25) is 0 Å². The lowest BCUT2D eigenvalue weighted by Gasteiger charge is -2.24. The van der Waals surface area contributed by atoms with Gasteiger partial charge in [-0.2, -0.15) is 24.2 Å². The van der Waals surface area contributed by atoms with E-state index in [0.29, 0.717) is 11.3 Å². The zero-order chi connectivity index (χ0) is 21.3. The minimum atomic E-state index is -3.83. The van der Waals surface area contributed by atoms with Gasteiger partial charge in [-0.25, -0.2) is 9.18 Å². The van der Waals surface area contributed by atoms with Crippen LogP contribution in [0.25, 0.3) is 11.3 Å². The van der Waals surface area contributed by atoms with Gasteiger partial charge in [0.05, 0.1) is 24.3 Å². The first-order valence-electron chi connectivity index (χ1n) is 8.61. The summed E-state index contributed by atoms with van der Waals surface area (Å²) in [7, 11) is -2.60. The van der Waals surface area contributed by atoms with Crippen LogP contribution in [0.1, 0.15) is 42.7 Å². The van der Waals surface area contributed by atoms with Crippen LogP contribution in [0.2, 0.25) is 0 Å².